The molecule has 1 aliphatic carbocycles. The van der Waals surface area contributed by atoms with E-state index in [0.717, 1.165) is 12.8 Å². The van der Waals surface area contributed by atoms with Crippen LogP contribution in [0.4, 0.5) is 4.39 Å². The first-order chi connectivity index (χ1) is 8.29. The Kier molecular flexibility index (Phi) is 2.32. The lowest BCUT2D eigenvalue weighted by atomic mass is 9.88. The maximum absolute atomic E-state index is 14.0. The minimum absolute atomic E-state index is 0.137. The zero-order valence-corrected chi connectivity index (χ0v) is 9.31. The second-order valence-electron chi connectivity index (χ2n) is 4.54. The molecule has 0 saturated heterocycles. The Morgan fingerprint density at radius 2 is 2.41 bits per heavy atom. The average Bonchev–Trinajstić information content (AvgIpc) is 2.91. The van der Waals surface area contributed by atoms with E-state index in [1.807, 2.05) is 18.3 Å². The number of nitriles is 1. The highest BCUT2D eigenvalue weighted by Gasteiger charge is 2.32. The van der Waals surface area contributed by atoms with Gasteiger partial charge in [0, 0.05) is 23.9 Å². The van der Waals surface area contributed by atoms with Gasteiger partial charge in [-0.3, -0.25) is 0 Å². The van der Waals surface area contributed by atoms with Crippen molar-refractivity contribution < 1.29 is 4.39 Å². The second-order valence-corrected chi connectivity index (χ2v) is 4.54. The van der Waals surface area contributed by atoms with Crippen LogP contribution < -0.4 is 0 Å². The van der Waals surface area contributed by atoms with Gasteiger partial charge in [-0.05, 0) is 25.3 Å². The van der Waals surface area contributed by atoms with Crippen molar-refractivity contribution in [3.8, 4) is 6.07 Å². The first-order valence-electron chi connectivity index (χ1n) is 5.77. The van der Waals surface area contributed by atoms with Gasteiger partial charge in [-0.1, -0.05) is 6.08 Å². The van der Waals surface area contributed by atoms with Gasteiger partial charge in [0.1, 0.15) is 5.83 Å². The van der Waals surface area contributed by atoms with Crippen molar-refractivity contribution in [3.05, 3.63) is 41.8 Å². The number of nitrogens with zero attached hydrogens (tertiary/aromatic N) is 3. The quantitative estimate of drug-likeness (QED) is 0.743. The number of rotatable bonds is 1. The van der Waals surface area contributed by atoms with Crippen LogP contribution >= 0.6 is 0 Å². The van der Waals surface area contributed by atoms with Crippen LogP contribution in [-0.2, 0) is 6.42 Å². The van der Waals surface area contributed by atoms with Gasteiger partial charge >= 0.3 is 0 Å². The van der Waals surface area contributed by atoms with E-state index in [9.17, 15) is 4.39 Å². The molecule has 2 atom stereocenters. The summed E-state index contributed by atoms with van der Waals surface area (Å²) in [5.41, 5.74) is 1.61. The van der Waals surface area contributed by atoms with E-state index < -0.39 is 0 Å². The summed E-state index contributed by atoms with van der Waals surface area (Å²) in [4.78, 5) is 4.10. The van der Waals surface area contributed by atoms with E-state index in [-0.39, 0.29) is 17.8 Å². The molecular formula is C13H12FN3. The van der Waals surface area contributed by atoms with E-state index in [4.69, 9.17) is 5.26 Å². The fourth-order valence-corrected chi connectivity index (χ4v) is 2.75. The number of imidazole rings is 1. The van der Waals surface area contributed by atoms with Crippen LogP contribution in [0, 0.1) is 17.2 Å². The largest absolute Gasteiger partial charge is 0.331 e. The highest BCUT2D eigenvalue weighted by molar-refractivity contribution is 5.38. The van der Waals surface area contributed by atoms with Gasteiger partial charge in [-0.25, -0.2) is 9.37 Å². The number of allylic oxidation sites excluding steroid dienone is 4. The van der Waals surface area contributed by atoms with Crippen LogP contribution in [0.3, 0.4) is 0 Å². The Balaban J connectivity index is 1.88. The molecule has 2 heterocycles. The Hall–Kier alpha value is -1.89. The Morgan fingerprint density at radius 3 is 3.18 bits per heavy atom. The fourth-order valence-electron chi connectivity index (χ4n) is 2.75. The first kappa shape index (κ1) is 10.3. The van der Waals surface area contributed by atoms with E-state index in [0.29, 0.717) is 12.0 Å². The van der Waals surface area contributed by atoms with Crippen molar-refractivity contribution in [3.63, 3.8) is 0 Å². The summed E-state index contributed by atoms with van der Waals surface area (Å²) in [6.07, 6.45) is 9.34. The Morgan fingerprint density at radius 1 is 1.53 bits per heavy atom. The van der Waals surface area contributed by atoms with Crippen molar-refractivity contribution in [1.82, 2.24) is 9.55 Å². The minimum Gasteiger partial charge on any atom is -0.331 e. The fraction of sp³-hybridized carbons (Fsp3) is 0.385. The molecule has 3 rings (SSSR count). The molecule has 17 heavy (non-hydrogen) atoms. The molecule has 0 bridgehead atoms. The maximum atomic E-state index is 14.0. The third kappa shape index (κ3) is 1.59. The van der Waals surface area contributed by atoms with Gasteiger partial charge in [0.15, 0.2) is 0 Å². The van der Waals surface area contributed by atoms with Crippen LogP contribution in [0.5, 0.6) is 0 Å². The number of hydrogen-bond acceptors (Lipinski definition) is 2. The van der Waals surface area contributed by atoms with Gasteiger partial charge in [-0.2, -0.15) is 5.26 Å². The number of aryl methyl sites for hydroxylation is 1. The zero-order valence-electron chi connectivity index (χ0n) is 9.31. The normalized spacial score (nSPS) is 27.1. The lowest BCUT2D eigenvalue weighted by molar-refractivity contribution is 0.329. The summed E-state index contributed by atoms with van der Waals surface area (Å²) in [6, 6.07) is 2.14. The van der Waals surface area contributed by atoms with Crippen molar-refractivity contribution in [2.45, 2.75) is 25.3 Å². The number of halogens is 1. The van der Waals surface area contributed by atoms with Crippen LogP contribution in [0.25, 0.3) is 0 Å². The number of hydrogen-bond donors (Lipinski definition) is 0. The molecule has 3 nitrogen and oxygen atoms in total. The third-order valence-electron chi connectivity index (χ3n) is 3.63. The third-order valence-corrected chi connectivity index (χ3v) is 3.63. The van der Waals surface area contributed by atoms with Crippen molar-refractivity contribution in [2.24, 2.45) is 5.92 Å². The molecular weight excluding hydrogens is 217 g/mol. The smallest absolute Gasteiger partial charge is 0.107 e. The summed E-state index contributed by atoms with van der Waals surface area (Å²) >= 11 is 0. The molecule has 86 valence electrons. The maximum Gasteiger partial charge on any atom is 0.107 e. The molecule has 0 saturated carbocycles. The Labute approximate surface area is 98.9 Å². The predicted molar refractivity (Wildman–Crippen MR) is 60.6 cm³/mol. The molecule has 0 fully saturated rings. The van der Waals surface area contributed by atoms with Crippen molar-refractivity contribution in [2.75, 3.05) is 0 Å². The lowest BCUT2D eigenvalue weighted by Gasteiger charge is -2.24. The summed E-state index contributed by atoms with van der Waals surface area (Å²) in [6.45, 7) is 0. The molecule has 1 unspecified atom stereocenters. The molecule has 1 aliphatic heterocycles. The summed E-state index contributed by atoms with van der Waals surface area (Å²) in [5, 5.41) is 8.74. The number of fused-ring (bicyclic) bond motifs is 1. The highest BCUT2D eigenvalue weighted by atomic mass is 19.1. The molecule has 1 aromatic heterocycles. The minimum atomic E-state index is -0.171. The average molecular weight is 229 g/mol. The van der Waals surface area contributed by atoms with Crippen molar-refractivity contribution >= 4 is 0 Å². The van der Waals surface area contributed by atoms with Crippen LogP contribution in [0.2, 0.25) is 0 Å². The van der Waals surface area contributed by atoms with E-state index in [2.05, 4.69) is 9.55 Å². The molecule has 0 amide bonds. The van der Waals surface area contributed by atoms with Crippen LogP contribution in [0.15, 0.2) is 36.1 Å². The zero-order chi connectivity index (χ0) is 11.8. The summed E-state index contributed by atoms with van der Waals surface area (Å²) < 4.78 is 16.0. The second kappa shape index (κ2) is 3.85. The monoisotopic (exact) mass is 229 g/mol. The molecule has 0 spiro atoms. The van der Waals surface area contributed by atoms with Crippen LogP contribution in [0.1, 0.15) is 24.6 Å². The van der Waals surface area contributed by atoms with Gasteiger partial charge in [0.2, 0.25) is 0 Å². The number of aromatic nitrogens is 2. The SMILES string of the molecule is N#CC1=CCC([C@@H]2CCc3cncn32)C(F)=C1. The molecule has 2 aliphatic rings. The topological polar surface area (TPSA) is 41.6 Å². The molecule has 0 aromatic carbocycles. The van der Waals surface area contributed by atoms with E-state index in [1.165, 1.54) is 11.8 Å². The molecule has 4 heteroatoms. The molecule has 1 aromatic rings. The standard InChI is InChI=1S/C13H12FN3/c14-12-5-9(6-15)1-3-11(12)13-4-2-10-7-16-8-17(10)13/h1,5,7-8,11,13H,2-4H2/t11?,13-/m0/s1. The summed E-state index contributed by atoms with van der Waals surface area (Å²) in [5.74, 6) is -0.307. The lowest BCUT2D eigenvalue weighted by Crippen LogP contribution is -2.18. The molecule has 0 radical (unpaired) electrons. The summed E-state index contributed by atoms with van der Waals surface area (Å²) in [7, 11) is 0. The predicted octanol–water partition coefficient (Wildman–Crippen LogP) is 2.69. The molecule has 0 N–H and O–H groups in total. The highest BCUT2D eigenvalue weighted by Crippen LogP contribution is 2.40. The van der Waals surface area contributed by atoms with Gasteiger partial charge in [-0.15, -0.1) is 0 Å². The van der Waals surface area contributed by atoms with Gasteiger partial charge < -0.3 is 4.57 Å². The van der Waals surface area contributed by atoms with Crippen LogP contribution in [-0.4, -0.2) is 9.55 Å². The van der Waals surface area contributed by atoms with Crippen molar-refractivity contribution in [1.29, 1.82) is 5.26 Å². The van der Waals surface area contributed by atoms with E-state index in [1.54, 1.807) is 6.33 Å². The van der Waals surface area contributed by atoms with E-state index >= 15 is 0 Å². The van der Waals surface area contributed by atoms with Gasteiger partial charge in [0.05, 0.1) is 18.0 Å². The first-order valence-corrected chi connectivity index (χ1v) is 5.77. The Bertz CT molecular complexity index is 547. The van der Waals surface area contributed by atoms with Gasteiger partial charge in [0.25, 0.3) is 0 Å².